The van der Waals surface area contributed by atoms with E-state index in [1.165, 1.54) is 7.11 Å². The smallest absolute Gasteiger partial charge is 0.374 e. The lowest BCUT2D eigenvalue weighted by Gasteiger charge is -2.24. The van der Waals surface area contributed by atoms with E-state index in [0.29, 0.717) is 0 Å². The topological polar surface area (TPSA) is 80.3 Å². The Balaban J connectivity index is 1.75. The molecule has 0 aliphatic carbocycles. The van der Waals surface area contributed by atoms with Crippen molar-refractivity contribution < 1.29 is 44.7 Å². The second kappa shape index (κ2) is 10.7. The molecule has 1 fully saturated rings. The van der Waals surface area contributed by atoms with Gasteiger partial charge < -0.3 is 18.9 Å². The molecule has 3 unspecified atom stereocenters. The van der Waals surface area contributed by atoms with Crippen LogP contribution < -0.4 is 0 Å². The minimum atomic E-state index is -5.91. The van der Waals surface area contributed by atoms with Gasteiger partial charge in [-0.15, -0.1) is 0 Å². The Labute approximate surface area is 184 Å². The second-order valence-electron chi connectivity index (χ2n) is 7.00. The van der Waals surface area contributed by atoms with Crippen molar-refractivity contribution in [2.75, 3.05) is 13.7 Å². The fourth-order valence-corrected chi connectivity index (χ4v) is 3.76. The van der Waals surface area contributed by atoms with Crippen molar-refractivity contribution in [3.63, 3.8) is 0 Å². The van der Waals surface area contributed by atoms with Crippen molar-refractivity contribution in [1.82, 2.24) is 0 Å². The Morgan fingerprint density at radius 3 is 2.00 bits per heavy atom. The number of benzene rings is 2. The molecule has 0 radical (unpaired) electrons. The first-order valence-electron chi connectivity index (χ1n) is 9.66. The van der Waals surface area contributed by atoms with Gasteiger partial charge >= 0.3 is 15.6 Å². The molecule has 3 rings (SSSR count). The van der Waals surface area contributed by atoms with E-state index in [1.807, 2.05) is 30.3 Å². The molecule has 4 atom stereocenters. The summed E-state index contributed by atoms with van der Waals surface area (Å²) < 4.78 is 88.6. The highest BCUT2D eigenvalue weighted by molar-refractivity contribution is 7.87. The summed E-state index contributed by atoms with van der Waals surface area (Å²) in [5.74, 6) is 0. The first-order chi connectivity index (χ1) is 15.2. The van der Waals surface area contributed by atoms with Gasteiger partial charge in [-0.2, -0.15) is 21.6 Å². The maximum absolute atomic E-state index is 12.9. The Morgan fingerprint density at radius 1 is 0.906 bits per heavy atom. The van der Waals surface area contributed by atoms with Gasteiger partial charge in [0.15, 0.2) is 12.4 Å². The Kier molecular flexibility index (Phi) is 8.26. The maximum atomic E-state index is 12.9. The lowest BCUT2D eigenvalue weighted by atomic mass is 10.1. The number of hydrogen-bond donors (Lipinski definition) is 0. The van der Waals surface area contributed by atoms with E-state index in [2.05, 4.69) is 4.18 Å². The minimum Gasteiger partial charge on any atom is -0.374 e. The quantitative estimate of drug-likeness (QED) is 0.384. The van der Waals surface area contributed by atoms with Crippen LogP contribution in [0.15, 0.2) is 60.7 Å². The van der Waals surface area contributed by atoms with Crippen LogP contribution in [-0.4, -0.2) is 52.2 Å². The number of hydrogen-bond acceptors (Lipinski definition) is 7. The highest BCUT2D eigenvalue weighted by Crippen LogP contribution is 2.34. The van der Waals surface area contributed by atoms with Gasteiger partial charge in [0.1, 0.15) is 12.2 Å². The van der Waals surface area contributed by atoms with E-state index in [-0.39, 0.29) is 19.8 Å². The number of ether oxygens (including phenoxy) is 4. The van der Waals surface area contributed by atoms with Crippen molar-refractivity contribution >= 4 is 10.1 Å². The molecule has 0 saturated carbocycles. The fraction of sp³-hybridized carbons (Fsp3) is 0.429. The normalized spacial score (nSPS) is 24.0. The molecule has 1 saturated heterocycles. The zero-order valence-corrected chi connectivity index (χ0v) is 17.9. The van der Waals surface area contributed by atoms with E-state index in [9.17, 15) is 21.6 Å². The summed E-state index contributed by atoms with van der Waals surface area (Å²) in [4.78, 5) is 0. The number of rotatable bonds is 10. The summed E-state index contributed by atoms with van der Waals surface area (Å²) in [5.41, 5.74) is -3.99. The molecule has 0 N–H and O–H groups in total. The molecular weight excluding hydrogens is 453 g/mol. The predicted molar refractivity (Wildman–Crippen MR) is 107 cm³/mol. The molecule has 0 amide bonds. The zero-order chi connectivity index (χ0) is 23.2. The third-order valence-corrected chi connectivity index (χ3v) is 5.74. The van der Waals surface area contributed by atoms with E-state index in [0.717, 1.165) is 11.1 Å². The highest BCUT2D eigenvalue weighted by atomic mass is 32.2. The summed E-state index contributed by atoms with van der Waals surface area (Å²) in [6.45, 7) is 0.128. The largest absolute Gasteiger partial charge is 0.523 e. The molecule has 1 aliphatic rings. The average Bonchev–Trinajstić information content (AvgIpc) is 3.08. The van der Waals surface area contributed by atoms with Gasteiger partial charge in [-0.1, -0.05) is 60.7 Å². The number of methoxy groups -OCH3 is 1. The van der Waals surface area contributed by atoms with Crippen LogP contribution in [-0.2, 0) is 46.5 Å². The molecular formula is C21H23F3O7S. The molecule has 32 heavy (non-hydrogen) atoms. The van der Waals surface area contributed by atoms with Crippen molar-refractivity contribution in [1.29, 1.82) is 0 Å². The Bertz CT molecular complexity index is 939. The molecule has 2 aromatic rings. The lowest BCUT2D eigenvalue weighted by Crippen LogP contribution is -2.43. The minimum absolute atomic E-state index is 0.00753. The van der Waals surface area contributed by atoms with Crippen LogP contribution in [0.2, 0.25) is 0 Å². The highest BCUT2D eigenvalue weighted by Gasteiger charge is 2.55. The van der Waals surface area contributed by atoms with Gasteiger partial charge in [-0.05, 0) is 11.1 Å². The van der Waals surface area contributed by atoms with Gasteiger partial charge in [0.2, 0.25) is 0 Å². The number of alkyl halides is 3. The van der Waals surface area contributed by atoms with Crippen LogP contribution in [0.1, 0.15) is 11.1 Å². The summed E-state index contributed by atoms with van der Waals surface area (Å²) in [7, 11) is -4.74. The second-order valence-corrected chi connectivity index (χ2v) is 8.56. The number of halogens is 3. The van der Waals surface area contributed by atoms with Gasteiger partial charge in [0.25, 0.3) is 0 Å². The molecule has 2 aromatic carbocycles. The van der Waals surface area contributed by atoms with E-state index in [4.69, 9.17) is 18.9 Å². The molecule has 176 valence electrons. The fourth-order valence-electron chi connectivity index (χ4n) is 3.15. The van der Waals surface area contributed by atoms with Crippen LogP contribution in [0.3, 0.4) is 0 Å². The van der Waals surface area contributed by atoms with Crippen molar-refractivity contribution in [3.05, 3.63) is 71.8 Å². The predicted octanol–water partition coefficient (Wildman–Crippen LogP) is 3.39. The van der Waals surface area contributed by atoms with Gasteiger partial charge in [-0.25, -0.2) is 0 Å². The molecule has 11 heteroatoms. The van der Waals surface area contributed by atoms with Gasteiger partial charge in [0.05, 0.1) is 19.8 Å². The lowest BCUT2D eigenvalue weighted by molar-refractivity contribution is -0.154. The van der Waals surface area contributed by atoms with E-state index >= 15 is 0 Å². The van der Waals surface area contributed by atoms with Crippen LogP contribution in [0, 0.1) is 0 Å². The van der Waals surface area contributed by atoms with Crippen molar-refractivity contribution in [2.24, 2.45) is 0 Å². The molecule has 0 spiro atoms. The summed E-state index contributed by atoms with van der Waals surface area (Å²) in [6, 6.07) is 18.1. The van der Waals surface area contributed by atoms with Crippen LogP contribution in [0.5, 0.6) is 0 Å². The van der Waals surface area contributed by atoms with Crippen LogP contribution in [0.25, 0.3) is 0 Å². The average molecular weight is 476 g/mol. The third-order valence-electron chi connectivity index (χ3n) is 4.70. The standard InChI is InChI=1S/C21H23F3O7S/c1-27-20-19(31-32(25,26)21(22,23)24)18(29-13-16-10-6-3-7-11-16)17(30-20)14-28-12-15-8-4-2-5-9-15/h2-11,17-20H,12-14H2,1H3/t17?,18-,19?,20?/m1/s1. The van der Waals surface area contributed by atoms with Crippen LogP contribution >= 0.6 is 0 Å². The molecule has 1 heterocycles. The van der Waals surface area contributed by atoms with Crippen molar-refractivity contribution in [2.45, 2.75) is 43.3 Å². The molecule has 1 aliphatic heterocycles. The maximum Gasteiger partial charge on any atom is 0.523 e. The van der Waals surface area contributed by atoms with E-state index < -0.39 is 40.2 Å². The molecule has 0 bridgehead atoms. The summed E-state index contributed by atoms with van der Waals surface area (Å²) >= 11 is 0. The Hall–Kier alpha value is -2.02. The first-order valence-corrected chi connectivity index (χ1v) is 11.1. The SMILES string of the molecule is COC1OC(COCc2ccccc2)[C@@H](OCc2ccccc2)C1OS(=O)(=O)C(F)(F)F. The van der Waals surface area contributed by atoms with Crippen LogP contribution in [0.4, 0.5) is 13.2 Å². The van der Waals surface area contributed by atoms with Gasteiger partial charge in [0, 0.05) is 7.11 Å². The van der Waals surface area contributed by atoms with Crippen molar-refractivity contribution in [3.8, 4) is 0 Å². The molecule has 0 aromatic heterocycles. The summed E-state index contributed by atoms with van der Waals surface area (Å²) in [6.07, 6.45) is -5.22. The Morgan fingerprint density at radius 2 is 1.47 bits per heavy atom. The van der Waals surface area contributed by atoms with Gasteiger partial charge in [-0.3, -0.25) is 4.18 Å². The van der Waals surface area contributed by atoms with E-state index in [1.54, 1.807) is 30.3 Å². The summed E-state index contributed by atoms with van der Waals surface area (Å²) in [5, 5.41) is 0. The monoisotopic (exact) mass is 476 g/mol. The first kappa shape index (κ1) is 24.6. The molecule has 7 nitrogen and oxygen atoms in total. The third kappa shape index (κ3) is 6.27. The zero-order valence-electron chi connectivity index (χ0n) is 17.1.